The molecule has 0 amide bonds. The lowest BCUT2D eigenvalue weighted by Gasteiger charge is -2.40. The summed E-state index contributed by atoms with van der Waals surface area (Å²) in [7, 11) is 1.66. The van der Waals surface area contributed by atoms with Crippen molar-refractivity contribution in [2.75, 3.05) is 20.3 Å². The number of aliphatic hydroxyl groups is 1. The highest BCUT2D eigenvalue weighted by atomic mass is 16.5. The van der Waals surface area contributed by atoms with Crippen molar-refractivity contribution in [1.29, 1.82) is 0 Å². The van der Waals surface area contributed by atoms with Gasteiger partial charge in [0.05, 0.1) is 13.7 Å². The van der Waals surface area contributed by atoms with Gasteiger partial charge in [0, 0.05) is 18.0 Å². The van der Waals surface area contributed by atoms with E-state index in [1.807, 2.05) is 24.3 Å². The van der Waals surface area contributed by atoms with Gasteiger partial charge in [-0.3, -0.25) is 0 Å². The zero-order valence-electron chi connectivity index (χ0n) is 13.1. The molecule has 0 aromatic heterocycles. The smallest absolute Gasteiger partial charge is 0.123 e. The van der Waals surface area contributed by atoms with Crippen LogP contribution in [0.15, 0.2) is 24.3 Å². The third kappa shape index (κ3) is 4.35. The van der Waals surface area contributed by atoms with Crippen molar-refractivity contribution in [3.63, 3.8) is 0 Å². The van der Waals surface area contributed by atoms with E-state index in [1.165, 1.54) is 0 Å². The summed E-state index contributed by atoms with van der Waals surface area (Å²) in [6.07, 6.45) is 5.19. The predicted octanol–water partition coefficient (Wildman–Crippen LogP) is 2.75. The van der Waals surface area contributed by atoms with Gasteiger partial charge in [0.15, 0.2) is 0 Å². The van der Waals surface area contributed by atoms with Crippen LogP contribution in [0.5, 0.6) is 11.5 Å². The van der Waals surface area contributed by atoms with Crippen molar-refractivity contribution >= 4 is 0 Å². The first kappa shape index (κ1) is 16.1. The Bertz CT molecular complexity index is 438. The summed E-state index contributed by atoms with van der Waals surface area (Å²) in [6.45, 7) is 3.25. The van der Waals surface area contributed by atoms with E-state index < -0.39 is 0 Å². The topological polar surface area (TPSA) is 50.7 Å². The van der Waals surface area contributed by atoms with Gasteiger partial charge < -0.3 is 19.9 Å². The minimum Gasteiger partial charge on any atom is -0.497 e. The Kier molecular flexibility index (Phi) is 5.88. The summed E-state index contributed by atoms with van der Waals surface area (Å²) in [5.41, 5.74) is -0.183. The van der Waals surface area contributed by atoms with Crippen molar-refractivity contribution in [3.05, 3.63) is 24.3 Å². The molecule has 0 heterocycles. The molecule has 2 rings (SSSR count). The summed E-state index contributed by atoms with van der Waals surface area (Å²) < 4.78 is 11.3. The second-order valence-electron chi connectivity index (χ2n) is 5.88. The van der Waals surface area contributed by atoms with Crippen LogP contribution in [-0.4, -0.2) is 37.0 Å². The molecule has 1 saturated carbocycles. The van der Waals surface area contributed by atoms with Crippen LogP contribution in [0.25, 0.3) is 0 Å². The summed E-state index contributed by atoms with van der Waals surface area (Å²) in [6, 6.07) is 7.71. The molecule has 0 bridgehead atoms. The fraction of sp³-hybridized carbons (Fsp3) is 0.647. The van der Waals surface area contributed by atoms with E-state index in [2.05, 4.69) is 12.2 Å². The molecule has 1 aliphatic carbocycles. The highest BCUT2D eigenvalue weighted by molar-refractivity contribution is 5.33. The average molecular weight is 293 g/mol. The maximum Gasteiger partial charge on any atom is 0.123 e. The molecule has 1 aromatic carbocycles. The minimum absolute atomic E-state index is 0.141. The second kappa shape index (κ2) is 7.66. The van der Waals surface area contributed by atoms with E-state index in [1.54, 1.807) is 7.11 Å². The molecule has 1 aliphatic rings. The van der Waals surface area contributed by atoms with E-state index in [9.17, 15) is 5.11 Å². The van der Waals surface area contributed by atoms with Gasteiger partial charge in [-0.05, 0) is 44.4 Å². The fourth-order valence-electron chi connectivity index (χ4n) is 3.03. The zero-order valence-corrected chi connectivity index (χ0v) is 13.1. The Balaban J connectivity index is 1.99. The van der Waals surface area contributed by atoms with Crippen molar-refractivity contribution in [3.8, 4) is 11.5 Å². The third-order valence-electron chi connectivity index (χ3n) is 4.20. The quantitative estimate of drug-likeness (QED) is 0.811. The molecule has 0 spiro atoms. The summed E-state index contributed by atoms with van der Waals surface area (Å²) >= 11 is 0. The number of benzene rings is 1. The molecule has 21 heavy (non-hydrogen) atoms. The van der Waals surface area contributed by atoms with Gasteiger partial charge in [0.25, 0.3) is 0 Å². The molecular formula is C17H27NO3. The highest BCUT2D eigenvalue weighted by Crippen LogP contribution is 2.31. The van der Waals surface area contributed by atoms with Gasteiger partial charge in [-0.1, -0.05) is 13.0 Å². The Morgan fingerprint density at radius 1 is 1.38 bits per heavy atom. The van der Waals surface area contributed by atoms with Crippen LogP contribution in [0.2, 0.25) is 0 Å². The number of hydrogen-bond acceptors (Lipinski definition) is 4. The molecule has 4 nitrogen and oxygen atoms in total. The monoisotopic (exact) mass is 293 g/mol. The third-order valence-corrected chi connectivity index (χ3v) is 4.20. The standard InChI is InChI=1S/C17H27NO3/c1-3-10-18-17(13-19)9-5-8-16(12-17)21-15-7-4-6-14(11-15)20-2/h4,6-7,11,16,18-19H,3,5,8-10,12-13H2,1-2H3. The van der Waals surface area contributed by atoms with E-state index in [0.717, 1.165) is 50.1 Å². The molecular weight excluding hydrogens is 266 g/mol. The van der Waals surface area contributed by atoms with Gasteiger partial charge in [0.1, 0.15) is 17.6 Å². The normalized spacial score (nSPS) is 25.6. The summed E-state index contributed by atoms with van der Waals surface area (Å²) in [5, 5.41) is 13.3. The lowest BCUT2D eigenvalue weighted by molar-refractivity contribution is 0.0510. The maximum atomic E-state index is 9.80. The molecule has 2 N–H and O–H groups in total. The van der Waals surface area contributed by atoms with Crippen molar-refractivity contribution in [2.45, 2.75) is 50.7 Å². The molecule has 4 heteroatoms. The van der Waals surface area contributed by atoms with E-state index in [-0.39, 0.29) is 18.2 Å². The number of rotatable bonds is 7. The summed E-state index contributed by atoms with van der Waals surface area (Å²) in [4.78, 5) is 0. The first-order chi connectivity index (χ1) is 10.2. The molecule has 0 aliphatic heterocycles. The van der Waals surface area contributed by atoms with Crippen molar-refractivity contribution in [2.24, 2.45) is 0 Å². The lowest BCUT2D eigenvalue weighted by Crippen LogP contribution is -2.53. The lowest BCUT2D eigenvalue weighted by atomic mass is 9.80. The van der Waals surface area contributed by atoms with E-state index >= 15 is 0 Å². The van der Waals surface area contributed by atoms with Gasteiger partial charge in [-0.2, -0.15) is 0 Å². The van der Waals surface area contributed by atoms with Crippen LogP contribution in [0, 0.1) is 0 Å². The van der Waals surface area contributed by atoms with Crippen LogP contribution in [0.1, 0.15) is 39.0 Å². The fourth-order valence-corrected chi connectivity index (χ4v) is 3.03. The SMILES string of the molecule is CCCNC1(CO)CCCC(Oc2cccc(OC)c2)C1. The molecule has 118 valence electrons. The Labute approximate surface area is 127 Å². The first-order valence-corrected chi connectivity index (χ1v) is 7.88. The van der Waals surface area contributed by atoms with Gasteiger partial charge in [0.2, 0.25) is 0 Å². The Morgan fingerprint density at radius 2 is 2.19 bits per heavy atom. The molecule has 1 fully saturated rings. The number of ether oxygens (including phenoxy) is 2. The van der Waals surface area contributed by atoms with Gasteiger partial charge in [-0.25, -0.2) is 0 Å². The minimum atomic E-state index is -0.183. The predicted molar refractivity (Wildman–Crippen MR) is 84.0 cm³/mol. The first-order valence-electron chi connectivity index (χ1n) is 7.88. The highest BCUT2D eigenvalue weighted by Gasteiger charge is 2.36. The van der Waals surface area contributed by atoms with Crippen LogP contribution in [0.4, 0.5) is 0 Å². The van der Waals surface area contributed by atoms with Crippen molar-refractivity contribution < 1.29 is 14.6 Å². The van der Waals surface area contributed by atoms with Crippen molar-refractivity contribution in [1.82, 2.24) is 5.32 Å². The maximum absolute atomic E-state index is 9.80. The molecule has 1 aromatic rings. The van der Waals surface area contributed by atoms with Crippen LogP contribution in [0.3, 0.4) is 0 Å². The largest absolute Gasteiger partial charge is 0.497 e. The van der Waals surface area contributed by atoms with E-state index in [4.69, 9.17) is 9.47 Å². The van der Waals surface area contributed by atoms with E-state index in [0.29, 0.717) is 0 Å². The second-order valence-corrected chi connectivity index (χ2v) is 5.88. The number of hydrogen-bond donors (Lipinski definition) is 2. The van der Waals surface area contributed by atoms with Crippen LogP contribution in [-0.2, 0) is 0 Å². The van der Waals surface area contributed by atoms with Gasteiger partial charge in [-0.15, -0.1) is 0 Å². The Hall–Kier alpha value is -1.26. The molecule has 0 radical (unpaired) electrons. The number of aliphatic hydroxyl groups excluding tert-OH is 1. The van der Waals surface area contributed by atoms with Gasteiger partial charge >= 0.3 is 0 Å². The average Bonchev–Trinajstić information content (AvgIpc) is 2.53. The molecule has 2 atom stereocenters. The van der Waals surface area contributed by atoms with Crippen LogP contribution < -0.4 is 14.8 Å². The Morgan fingerprint density at radius 3 is 2.90 bits per heavy atom. The van der Waals surface area contributed by atoms with Crippen LogP contribution >= 0.6 is 0 Å². The number of methoxy groups -OCH3 is 1. The zero-order chi connectivity index (χ0) is 15.1. The molecule has 2 unspecified atom stereocenters. The summed E-state index contributed by atoms with van der Waals surface area (Å²) in [5.74, 6) is 1.64. The molecule has 0 saturated heterocycles. The number of nitrogens with one attached hydrogen (secondary N) is 1.